The summed E-state index contributed by atoms with van der Waals surface area (Å²) < 4.78 is 5.12. The van der Waals surface area contributed by atoms with Gasteiger partial charge in [-0.2, -0.15) is 0 Å². The molecule has 4 atom stereocenters. The number of imide groups is 1. The van der Waals surface area contributed by atoms with Crippen molar-refractivity contribution in [2.45, 2.75) is 26.2 Å². The molecule has 5 rings (SSSR count). The van der Waals surface area contributed by atoms with Gasteiger partial charge in [0.1, 0.15) is 0 Å². The number of rotatable bonds is 6. The van der Waals surface area contributed by atoms with E-state index in [2.05, 4.69) is 0 Å². The number of esters is 1. The Bertz CT molecular complexity index is 1230. The summed E-state index contributed by atoms with van der Waals surface area (Å²) in [5.41, 5.74) is 0.703. The lowest BCUT2D eigenvalue weighted by molar-refractivity contribution is -0.385. The summed E-state index contributed by atoms with van der Waals surface area (Å²) in [6.45, 7) is 0.964. The van der Waals surface area contributed by atoms with Crippen molar-refractivity contribution in [3.05, 3.63) is 69.3 Å². The van der Waals surface area contributed by atoms with Crippen molar-refractivity contribution < 1.29 is 28.8 Å². The van der Waals surface area contributed by atoms with Crippen LogP contribution in [0, 0.1) is 40.7 Å². The molecule has 0 aromatic heterocycles. The summed E-state index contributed by atoms with van der Waals surface area (Å²) in [6, 6.07) is 10.1. The molecule has 9 heteroatoms. The fourth-order valence-electron chi connectivity index (χ4n) is 5.71. The number of benzene rings is 2. The van der Waals surface area contributed by atoms with Gasteiger partial charge >= 0.3 is 5.97 Å². The van der Waals surface area contributed by atoms with Crippen LogP contribution < -0.4 is 4.90 Å². The number of nitro benzene ring substituents is 1. The van der Waals surface area contributed by atoms with Crippen molar-refractivity contribution in [3.8, 4) is 0 Å². The van der Waals surface area contributed by atoms with Crippen LogP contribution in [0.5, 0.6) is 0 Å². The normalized spacial score (nSPS) is 24.9. The van der Waals surface area contributed by atoms with Gasteiger partial charge in [-0.15, -0.1) is 0 Å². The van der Waals surface area contributed by atoms with Crippen LogP contribution in [0.15, 0.2) is 42.5 Å². The van der Waals surface area contributed by atoms with Gasteiger partial charge in [0.05, 0.1) is 28.0 Å². The second kappa shape index (κ2) is 8.16. The minimum absolute atomic E-state index is 0.0632. The lowest BCUT2D eigenvalue weighted by Crippen LogP contribution is -2.32. The minimum atomic E-state index is -0.795. The van der Waals surface area contributed by atoms with Crippen molar-refractivity contribution in [3.63, 3.8) is 0 Å². The molecule has 0 spiro atoms. The molecule has 4 unspecified atom stereocenters. The number of carbonyl (C=O) groups is 4. The van der Waals surface area contributed by atoms with E-state index in [9.17, 15) is 29.3 Å². The van der Waals surface area contributed by atoms with Gasteiger partial charge in [-0.3, -0.25) is 29.4 Å². The molecular weight excluding hydrogens is 440 g/mol. The molecule has 1 heterocycles. The number of aryl methyl sites for hydroxylation is 1. The molecule has 2 bridgehead atoms. The Labute approximate surface area is 194 Å². The maximum Gasteiger partial charge on any atom is 0.338 e. The third kappa shape index (κ3) is 3.48. The molecule has 2 aliphatic carbocycles. The Morgan fingerprint density at radius 1 is 1.03 bits per heavy atom. The van der Waals surface area contributed by atoms with Gasteiger partial charge in [0.2, 0.25) is 17.6 Å². The van der Waals surface area contributed by atoms with Crippen LogP contribution in [0.4, 0.5) is 11.4 Å². The van der Waals surface area contributed by atoms with Gasteiger partial charge in [-0.05, 0) is 56.2 Å². The molecule has 174 valence electrons. The molecule has 9 nitrogen and oxygen atoms in total. The maximum atomic E-state index is 13.0. The number of amides is 2. The lowest BCUT2D eigenvalue weighted by Gasteiger charge is -2.19. The van der Waals surface area contributed by atoms with E-state index in [1.165, 1.54) is 29.2 Å². The van der Waals surface area contributed by atoms with E-state index in [4.69, 9.17) is 4.74 Å². The molecule has 0 N–H and O–H groups in total. The smallest absolute Gasteiger partial charge is 0.338 e. The van der Waals surface area contributed by atoms with Crippen molar-refractivity contribution in [2.75, 3.05) is 11.5 Å². The summed E-state index contributed by atoms with van der Waals surface area (Å²) in [7, 11) is 0. The van der Waals surface area contributed by atoms with Gasteiger partial charge in [0.25, 0.3) is 5.69 Å². The van der Waals surface area contributed by atoms with Gasteiger partial charge in [-0.25, -0.2) is 4.79 Å². The number of hydrogen-bond donors (Lipinski definition) is 0. The number of fused-ring (bicyclic) bond motifs is 5. The highest BCUT2D eigenvalue weighted by molar-refractivity contribution is 6.22. The Kier molecular flexibility index (Phi) is 5.27. The molecule has 2 amide bonds. The molecule has 2 aromatic rings. The third-order valence-electron chi connectivity index (χ3n) is 7.33. The van der Waals surface area contributed by atoms with E-state index >= 15 is 0 Å². The van der Waals surface area contributed by atoms with Crippen molar-refractivity contribution in [2.24, 2.45) is 23.7 Å². The van der Waals surface area contributed by atoms with Crippen molar-refractivity contribution in [1.29, 1.82) is 0 Å². The predicted molar refractivity (Wildman–Crippen MR) is 119 cm³/mol. The number of nitro groups is 1. The average molecular weight is 462 g/mol. The van der Waals surface area contributed by atoms with E-state index < -0.39 is 23.3 Å². The SMILES string of the molecule is Cc1ccc(C(=O)COC(=O)c2cccc(N3C(=O)C4C5CCC(C5)C4C3=O)c2)cc1[N+](=O)[O-]. The number of ether oxygens (including phenoxy) is 1. The van der Waals surface area contributed by atoms with Crippen LogP contribution in [-0.4, -0.2) is 35.1 Å². The van der Waals surface area contributed by atoms with Crippen molar-refractivity contribution in [1.82, 2.24) is 0 Å². The number of nitrogens with zero attached hydrogens (tertiary/aromatic N) is 2. The fourth-order valence-corrected chi connectivity index (χ4v) is 5.71. The zero-order chi connectivity index (χ0) is 24.1. The van der Waals surface area contributed by atoms with Crippen LogP contribution >= 0.6 is 0 Å². The molecule has 1 saturated heterocycles. The first-order valence-electron chi connectivity index (χ1n) is 11.2. The monoisotopic (exact) mass is 462 g/mol. The van der Waals surface area contributed by atoms with Crippen LogP contribution in [0.1, 0.15) is 45.5 Å². The molecular formula is C25H22N2O7. The van der Waals surface area contributed by atoms with E-state index in [0.29, 0.717) is 11.3 Å². The standard InChI is InChI=1S/C25H22N2O7/c1-13-5-6-14(11-19(13)27(32)33)20(28)12-34-25(31)17-3-2-4-18(10-17)26-23(29)21-15-7-8-16(9-15)22(21)24(26)30/h2-6,10-11,15-16,21-22H,7-9,12H2,1H3. The lowest BCUT2D eigenvalue weighted by atomic mass is 9.81. The Morgan fingerprint density at radius 2 is 1.71 bits per heavy atom. The maximum absolute atomic E-state index is 13.0. The zero-order valence-corrected chi connectivity index (χ0v) is 18.4. The highest BCUT2D eigenvalue weighted by atomic mass is 16.6. The Morgan fingerprint density at radius 3 is 2.35 bits per heavy atom. The number of ketones is 1. The van der Waals surface area contributed by atoms with Crippen LogP contribution in [0.2, 0.25) is 0 Å². The second-order valence-corrected chi connectivity index (χ2v) is 9.20. The summed E-state index contributed by atoms with van der Waals surface area (Å²) in [5, 5.41) is 11.1. The first-order valence-corrected chi connectivity index (χ1v) is 11.2. The summed E-state index contributed by atoms with van der Waals surface area (Å²) >= 11 is 0. The third-order valence-corrected chi connectivity index (χ3v) is 7.33. The summed E-state index contributed by atoms with van der Waals surface area (Å²) in [6.07, 6.45) is 2.89. The van der Waals surface area contributed by atoms with Gasteiger partial charge in [0.15, 0.2) is 6.61 Å². The highest BCUT2D eigenvalue weighted by Gasteiger charge is 2.61. The topological polar surface area (TPSA) is 124 Å². The number of carbonyl (C=O) groups excluding carboxylic acids is 4. The molecule has 0 radical (unpaired) electrons. The van der Waals surface area contributed by atoms with E-state index in [1.807, 2.05) is 0 Å². The molecule has 2 aromatic carbocycles. The summed E-state index contributed by atoms with van der Waals surface area (Å²) in [4.78, 5) is 62.8. The number of hydrogen-bond acceptors (Lipinski definition) is 7. The zero-order valence-electron chi connectivity index (χ0n) is 18.4. The molecule has 34 heavy (non-hydrogen) atoms. The average Bonchev–Trinajstić information content (AvgIpc) is 3.51. The Hall–Kier alpha value is -3.88. The number of anilines is 1. The quantitative estimate of drug-likeness (QED) is 0.212. The van der Waals surface area contributed by atoms with Crippen molar-refractivity contribution >= 4 is 34.9 Å². The van der Waals surface area contributed by atoms with E-state index in [0.717, 1.165) is 25.3 Å². The highest BCUT2D eigenvalue weighted by Crippen LogP contribution is 2.56. The minimum Gasteiger partial charge on any atom is -0.454 e. The van der Waals surface area contributed by atoms with Gasteiger partial charge in [-0.1, -0.05) is 18.2 Å². The summed E-state index contributed by atoms with van der Waals surface area (Å²) in [5.74, 6) is -1.80. The molecule has 1 aliphatic heterocycles. The van der Waals surface area contributed by atoms with Gasteiger partial charge < -0.3 is 4.74 Å². The predicted octanol–water partition coefficient (Wildman–Crippen LogP) is 3.48. The van der Waals surface area contributed by atoms with Crippen LogP contribution in [-0.2, 0) is 14.3 Å². The largest absolute Gasteiger partial charge is 0.454 e. The van der Waals surface area contributed by atoms with Gasteiger partial charge in [0, 0.05) is 17.2 Å². The molecule has 3 aliphatic rings. The van der Waals surface area contributed by atoms with E-state index in [-0.39, 0.29) is 52.3 Å². The van der Waals surface area contributed by atoms with E-state index in [1.54, 1.807) is 19.1 Å². The molecule has 3 fully saturated rings. The van der Waals surface area contributed by atoms with Crippen LogP contribution in [0.3, 0.4) is 0 Å². The second-order valence-electron chi connectivity index (χ2n) is 9.20. The van der Waals surface area contributed by atoms with Crippen LogP contribution in [0.25, 0.3) is 0 Å². The number of Topliss-reactive ketones (excluding diaryl/α,β-unsaturated/α-hetero) is 1. The first kappa shape index (κ1) is 21.9. The Balaban J connectivity index is 1.29. The first-order chi connectivity index (χ1) is 16.3. The fraction of sp³-hybridized carbons (Fsp3) is 0.360. The molecule has 2 saturated carbocycles.